The Morgan fingerprint density at radius 1 is 1.14 bits per heavy atom. The van der Waals surface area contributed by atoms with E-state index in [1.54, 1.807) is 12.1 Å². The second kappa shape index (κ2) is 6.94. The highest BCUT2D eigenvalue weighted by Crippen LogP contribution is 2.22. The quantitative estimate of drug-likeness (QED) is 0.824. The number of benzene rings is 1. The van der Waals surface area contributed by atoms with E-state index in [-0.39, 0.29) is 21.6 Å². The normalized spacial score (nSPS) is 11.6. The van der Waals surface area contributed by atoms with Gasteiger partial charge in [0.05, 0.1) is 5.02 Å². The van der Waals surface area contributed by atoms with Crippen LogP contribution in [0.3, 0.4) is 0 Å². The lowest BCUT2D eigenvalue weighted by Gasteiger charge is -2.07. The third kappa shape index (κ3) is 4.56. The Hall–Kier alpha value is -0.850. The van der Waals surface area contributed by atoms with Crippen LogP contribution in [0.4, 0.5) is 0 Å². The lowest BCUT2D eigenvalue weighted by Crippen LogP contribution is -2.26. The standard InChI is InChI=1S/C13H11Cl3N2O2S/c14-10-3-1-2-9(6-10)4-5-18-21(19,20)11-7-12(15)13(16)17-8-11/h1-3,6-8,18H,4-5H2. The van der Waals surface area contributed by atoms with Crippen LogP contribution in [0.2, 0.25) is 15.2 Å². The largest absolute Gasteiger partial charge is 0.242 e. The summed E-state index contributed by atoms with van der Waals surface area (Å²) in [6, 6.07) is 8.50. The Bertz CT molecular complexity index is 751. The van der Waals surface area contributed by atoms with E-state index in [0.29, 0.717) is 11.4 Å². The molecule has 112 valence electrons. The second-order valence-corrected chi connectivity index (χ2v) is 7.19. The van der Waals surface area contributed by atoms with E-state index in [4.69, 9.17) is 34.8 Å². The van der Waals surface area contributed by atoms with Gasteiger partial charge in [-0.15, -0.1) is 0 Å². The number of nitrogens with one attached hydrogen (secondary N) is 1. The van der Waals surface area contributed by atoms with Gasteiger partial charge >= 0.3 is 0 Å². The smallest absolute Gasteiger partial charge is 0.242 e. The fourth-order valence-electron chi connectivity index (χ4n) is 1.66. The summed E-state index contributed by atoms with van der Waals surface area (Å²) in [5.74, 6) is 0. The Balaban J connectivity index is 2.03. The lowest BCUT2D eigenvalue weighted by molar-refractivity contribution is 0.581. The molecule has 0 saturated carbocycles. The van der Waals surface area contributed by atoms with Crippen molar-refractivity contribution in [2.45, 2.75) is 11.3 Å². The zero-order valence-electron chi connectivity index (χ0n) is 10.7. The molecule has 0 amide bonds. The summed E-state index contributed by atoms with van der Waals surface area (Å²) in [7, 11) is -3.67. The molecule has 1 aromatic heterocycles. The van der Waals surface area contributed by atoms with Gasteiger partial charge in [-0.2, -0.15) is 0 Å². The topological polar surface area (TPSA) is 59.1 Å². The van der Waals surface area contributed by atoms with Gasteiger partial charge in [0.1, 0.15) is 10.0 Å². The van der Waals surface area contributed by atoms with Gasteiger partial charge in [0.15, 0.2) is 0 Å². The van der Waals surface area contributed by atoms with Crippen molar-refractivity contribution in [2.24, 2.45) is 0 Å². The maximum atomic E-state index is 12.1. The van der Waals surface area contributed by atoms with E-state index >= 15 is 0 Å². The number of nitrogens with zero attached hydrogens (tertiary/aromatic N) is 1. The van der Waals surface area contributed by atoms with E-state index in [9.17, 15) is 8.42 Å². The molecular formula is C13H11Cl3N2O2S. The predicted octanol–water partition coefficient (Wildman–Crippen LogP) is 3.56. The van der Waals surface area contributed by atoms with Crippen molar-refractivity contribution in [3.63, 3.8) is 0 Å². The molecule has 2 rings (SSSR count). The molecule has 0 bridgehead atoms. The highest BCUT2D eigenvalue weighted by atomic mass is 35.5. The second-order valence-electron chi connectivity index (χ2n) is 4.22. The van der Waals surface area contributed by atoms with Gasteiger partial charge < -0.3 is 0 Å². The maximum Gasteiger partial charge on any atom is 0.242 e. The van der Waals surface area contributed by atoms with E-state index in [1.165, 1.54) is 6.07 Å². The molecule has 0 aliphatic carbocycles. The average Bonchev–Trinajstić information content (AvgIpc) is 2.41. The average molecular weight is 366 g/mol. The molecular weight excluding hydrogens is 355 g/mol. The summed E-state index contributed by atoms with van der Waals surface area (Å²) in [5, 5.41) is 0.771. The molecule has 0 aliphatic rings. The molecule has 0 fully saturated rings. The van der Waals surface area contributed by atoms with E-state index in [2.05, 4.69) is 9.71 Å². The van der Waals surface area contributed by atoms with Crippen molar-refractivity contribution >= 4 is 44.8 Å². The summed E-state index contributed by atoms with van der Waals surface area (Å²) >= 11 is 17.3. The van der Waals surface area contributed by atoms with Crippen LogP contribution in [-0.2, 0) is 16.4 Å². The van der Waals surface area contributed by atoms with Crippen molar-refractivity contribution in [2.75, 3.05) is 6.54 Å². The maximum absolute atomic E-state index is 12.1. The summed E-state index contributed by atoms with van der Waals surface area (Å²) in [4.78, 5) is 3.69. The summed E-state index contributed by atoms with van der Waals surface area (Å²) in [6.07, 6.45) is 1.68. The van der Waals surface area contributed by atoms with E-state index in [1.807, 2.05) is 12.1 Å². The molecule has 1 heterocycles. The van der Waals surface area contributed by atoms with Gasteiger partial charge in [-0.1, -0.05) is 46.9 Å². The summed E-state index contributed by atoms with van der Waals surface area (Å²) in [5.41, 5.74) is 0.942. The molecule has 2 aromatic rings. The van der Waals surface area contributed by atoms with Gasteiger partial charge in [-0.25, -0.2) is 18.1 Å². The zero-order chi connectivity index (χ0) is 15.5. The highest BCUT2D eigenvalue weighted by Gasteiger charge is 2.15. The van der Waals surface area contributed by atoms with Crippen molar-refractivity contribution in [1.29, 1.82) is 0 Å². The number of hydrogen-bond acceptors (Lipinski definition) is 3. The fourth-order valence-corrected chi connectivity index (χ4v) is 3.21. The Morgan fingerprint density at radius 2 is 1.90 bits per heavy atom. The molecule has 0 saturated heterocycles. The van der Waals surface area contributed by atoms with Crippen LogP contribution in [0.15, 0.2) is 41.4 Å². The molecule has 21 heavy (non-hydrogen) atoms. The van der Waals surface area contributed by atoms with Gasteiger partial charge in [0, 0.05) is 17.8 Å². The molecule has 4 nitrogen and oxygen atoms in total. The lowest BCUT2D eigenvalue weighted by atomic mass is 10.2. The summed E-state index contributed by atoms with van der Waals surface area (Å²) < 4.78 is 26.6. The Labute approximate surface area is 138 Å². The van der Waals surface area contributed by atoms with E-state index < -0.39 is 10.0 Å². The van der Waals surface area contributed by atoms with Crippen LogP contribution >= 0.6 is 34.8 Å². The monoisotopic (exact) mass is 364 g/mol. The highest BCUT2D eigenvalue weighted by molar-refractivity contribution is 7.89. The molecule has 0 radical (unpaired) electrons. The molecule has 1 N–H and O–H groups in total. The molecule has 0 atom stereocenters. The number of aromatic nitrogens is 1. The number of rotatable bonds is 5. The van der Waals surface area contributed by atoms with Crippen LogP contribution in [0.1, 0.15) is 5.56 Å². The fraction of sp³-hybridized carbons (Fsp3) is 0.154. The Morgan fingerprint density at radius 3 is 2.57 bits per heavy atom. The van der Waals surface area contributed by atoms with Gasteiger partial charge in [0.25, 0.3) is 0 Å². The first-order valence-corrected chi connectivity index (χ1v) is 8.55. The van der Waals surface area contributed by atoms with Gasteiger partial charge in [0.2, 0.25) is 10.0 Å². The molecule has 0 spiro atoms. The number of pyridine rings is 1. The minimum atomic E-state index is -3.67. The van der Waals surface area contributed by atoms with Crippen LogP contribution in [0.5, 0.6) is 0 Å². The van der Waals surface area contributed by atoms with Crippen LogP contribution < -0.4 is 4.72 Å². The third-order valence-corrected chi connectivity index (χ3v) is 5.03. The van der Waals surface area contributed by atoms with Crippen LogP contribution in [0, 0.1) is 0 Å². The number of halogens is 3. The number of hydrogen-bond donors (Lipinski definition) is 1. The minimum Gasteiger partial charge on any atom is -0.242 e. The summed E-state index contributed by atoms with van der Waals surface area (Å²) in [6.45, 7) is 0.239. The molecule has 8 heteroatoms. The third-order valence-electron chi connectivity index (χ3n) is 2.68. The first kappa shape index (κ1) is 16.5. The molecule has 1 aromatic carbocycles. The van der Waals surface area contributed by atoms with Gasteiger partial charge in [-0.05, 0) is 30.2 Å². The number of sulfonamides is 1. The van der Waals surface area contributed by atoms with E-state index in [0.717, 1.165) is 11.8 Å². The predicted molar refractivity (Wildman–Crippen MR) is 84.6 cm³/mol. The Kier molecular flexibility index (Phi) is 5.46. The SMILES string of the molecule is O=S(=O)(NCCc1cccc(Cl)c1)c1cnc(Cl)c(Cl)c1. The zero-order valence-corrected chi connectivity index (χ0v) is 13.8. The molecule has 0 unspecified atom stereocenters. The van der Waals surface area contributed by atoms with Crippen LogP contribution in [-0.4, -0.2) is 19.9 Å². The van der Waals surface area contributed by atoms with Crippen LogP contribution in [0.25, 0.3) is 0 Å². The molecule has 0 aliphatic heterocycles. The van der Waals surface area contributed by atoms with Crippen molar-refractivity contribution < 1.29 is 8.42 Å². The minimum absolute atomic E-state index is 0.0250. The first-order chi connectivity index (χ1) is 9.88. The van der Waals surface area contributed by atoms with Gasteiger partial charge in [-0.3, -0.25) is 0 Å². The van der Waals surface area contributed by atoms with Crippen molar-refractivity contribution in [3.8, 4) is 0 Å². The van der Waals surface area contributed by atoms with Crippen molar-refractivity contribution in [1.82, 2.24) is 9.71 Å². The van der Waals surface area contributed by atoms with Crippen molar-refractivity contribution in [3.05, 3.63) is 57.3 Å². The first-order valence-electron chi connectivity index (χ1n) is 5.93.